The van der Waals surface area contributed by atoms with Crippen molar-refractivity contribution < 1.29 is 24.8 Å². The largest absolute Gasteiger partial charge is 0.437 e. The number of nitrogens with zero attached hydrogens (tertiary/aromatic N) is 2. The quantitative estimate of drug-likeness (QED) is 0.149. The summed E-state index contributed by atoms with van der Waals surface area (Å²) in [4.78, 5) is 0.984. The van der Waals surface area contributed by atoms with Crippen molar-refractivity contribution in [3.05, 3.63) is 96.1 Å². The molecule has 6 aromatic rings. The SMILES string of the molecule is Cc1cccc(C)c1Oc1nnc(-c2[c-]c3ccccc3s2)c2cc3ccccc3cc12.[Ir]. The Morgan fingerprint density at radius 1 is 0.758 bits per heavy atom. The van der Waals surface area contributed by atoms with Crippen LogP contribution in [0.1, 0.15) is 11.1 Å². The molecule has 6 rings (SSSR count). The minimum atomic E-state index is 0. The van der Waals surface area contributed by atoms with Gasteiger partial charge in [0.05, 0.1) is 0 Å². The minimum absolute atomic E-state index is 0. The third-order valence-corrected chi connectivity index (χ3v) is 6.86. The van der Waals surface area contributed by atoms with Crippen LogP contribution in [-0.2, 0) is 20.1 Å². The summed E-state index contributed by atoms with van der Waals surface area (Å²) in [5, 5.41) is 14.6. The molecular formula is C28H19IrN2OS-. The second-order valence-electron chi connectivity index (χ2n) is 7.97. The van der Waals surface area contributed by atoms with Gasteiger partial charge in [0.25, 0.3) is 0 Å². The Hall–Kier alpha value is -3.11. The molecule has 4 aromatic carbocycles. The summed E-state index contributed by atoms with van der Waals surface area (Å²) >= 11 is 1.69. The number of thiophene rings is 1. The van der Waals surface area contributed by atoms with E-state index in [4.69, 9.17) is 4.74 Å². The summed E-state index contributed by atoms with van der Waals surface area (Å²) in [6.07, 6.45) is 0. The molecule has 0 aliphatic rings. The zero-order valence-electron chi connectivity index (χ0n) is 18.0. The van der Waals surface area contributed by atoms with Crippen LogP contribution in [0.5, 0.6) is 11.6 Å². The second-order valence-corrected chi connectivity index (χ2v) is 9.03. The Morgan fingerprint density at radius 2 is 1.42 bits per heavy atom. The van der Waals surface area contributed by atoms with Gasteiger partial charge in [-0.2, -0.15) is 5.10 Å². The molecule has 2 heterocycles. The van der Waals surface area contributed by atoms with Crippen molar-refractivity contribution in [3.63, 3.8) is 0 Å². The van der Waals surface area contributed by atoms with Crippen LogP contribution in [-0.4, -0.2) is 10.2 Å². The molecule has 2 aromatic heterocycles. The van der Waals surface area contributed by atoms with E-state index < -0.39 is 0 Å². The Balaban J connectivity index is 0.00000228. The van der Waals surface area contributed by atoms with Crippen LogP contribution in [0.2, 0.25) is 0 Å². The number of aromatic nitrogens is 2. The van der Waals surface area contributed by atoms with Gasteiger partial charge in [-0.1, -0.05) is 60.7 Å². The summed E-state index contributed by atoms with van der Waals surface area (Å²) in [7, 11) is 0. The Bertz CT molecular complexity index is 1590. The molecule has 0 aliphatic heterocycles. The van der Waals surface area contributed by atoms with Crippen LogP contribution in [0.25, 0.3) is 42.2 Å². The predicted octanol–water partition coefficient (Wildman–Crippen LogP) is 7.87. The molecule has 0 amide bonds. The maximum atomic E-state index is 6.37. The Kier molecular flexibility index (Phi) is 5.71. The van der Waals surface area contributed by atoms with E-state index >= 15 is 0 Å². The second kappa shape index (κ2) is 8.68. The molecule has 3 nitrogen and oxygen atoms in total. The molecule has 0 N–H and O–H groups in total. The molecule has 1 radical (unpaired) electrons. The number of fused-ring (bicyclic) bond motifs is 3. The Morgan fingerprint density at radius 3 is 2.15 bits per heavy atom. The van der Waals surface area contributed by atoms with Gasteiger partial charge < -0.3 is 4.74 Å². The molecule has 0 saturated carbocycles. The molecule has 5 heteroatoms. The average Bonchev–Trinajstić information content (AvgIpc) is 3.24. The molecule has 33 heavy (non-hydrogen) atoms. The van der Waals surface area contributed by atoms with Gasteiger partial charge in [-0.05, 0) is 56.8 Å². The maximum Gasteiger partial charge on any atom is 0.245 e. The fraction of sp³-hybridized carbons (Fsp3) is 0.0714. The molecule has 0 aliphatic carbocycles. The van der Waals surface area contributed by atoms with Gasteiger partial charge in [0.15, 0.2) is 0 Å². The van der Waals surface area contributed by atoms with Crippen LogP contribution < -0.4 is 4.74 Å². The maximum absolute atomic E-state index is 6.37. The minimum Gasteiger partial charge on any atom is -0.437 e. The number of aryl methyl sites for hydroxylation is 2. The van der Waals surface area contributed by atoms with E-state index in [1.54, 1.807) is 11.3 Å². The van der Waals surface area contributed by atoms with Gasteiger partial charge in [-0.3, -0.25) is 0 Å². The molecule has 0 atom stereocenters. The molecular weight excluding hydrogens is 605 g/mol. The number of rotatable bonds is 3. The number of hydrogen-bond acceptors (Lipinski definition) is 4. The molecule has 0 saturated heterocycles. The van der Waals surface area contributed by atoms with E-state index in [0.29, 0.717) is 5.88 Å². The van der Waals surface area contributed by atoms with Crippen molar-refractivity contribution in [2.45, 2.75) is 13.8 Å². The van der Waals surface area contributed by atoms with Crippen molar-refractivity contribution in [1.82, 2.24) is 10.2 Å². The number of para-hydroxylation sites is 1. The van der Waals surface area contributed by atoms with Gasteiger partial charge in [0, 0.05) is 31.2 Å². The topological polar surface area (TPSA) is 35.0 Å². The molecule has 0 fully saturated rings. The summed E-state index contributed by atoms with van der Waals surface area (Å²) in [6.45, 7) is 4.10. The number of hydrogen-bond donors (Lipinski definition) is 0. The van der Waals surface area contributed by atoms with Crippen LogP contribution in [0.15, 0.2) is 78.9 Å². The van der Waals surface area contributed by atoms with Crippen LogP contribution in [0.3, 0.4) is 0 Å². The van der Waals surface area contributed by atoms with Crippen LogP contribution >= 0.6 is 11.3 Å². The van der Waals surface area contributed by atoms with Crippen LogP contribution in [0, 0.1) is 19.9 Å². The molecule has 0 bridgehead atoms. The van der Waals surface area contributed by atoms with E-state index in [-0.39, 0.29) is 20.1 Å². The first-order chi connectivity index (χ1) is 15.7. The van der Waals surface area contributed by atoms with Gasteiger partial charge in [-0.25, -0.2) is 11.3 Å². The molecule has 163 valence electrons. The number of benzene rings is 4. The van der Waals surface area contributed by atoms with E-state index in [2.05, 4.69) is 70.9 Å². The average molecular weight is 624 g/mol. The van der Waals surface area contributed by atoms with Gasteiger partial charge in [0.2, 0.25) is 5.88 Å². The molecule has 0 spiro atoms. The number of ether oxygens (including phenoxy) is 1. The first-order valence-corrected chi connectivity index (χ1v) is 11.3. The van der Waals surface area contributed by atoms with Crippen molar-refractivity contribution >= 4 is 43.0 Å². The zero-order chi connectivity index (χ0) is 21.7. The summed E-state index contributed by atoms with van der Waals surface area (Å²) in [5.41, 5.74) is 2.98. The third-order valence-electron chi connectivity index (χ3n) is 5.78. The third kappa shape index (κ3) is 3.83. The first kappa shape index (κ1) is 21.7. The smallest absolute Gasteiger partial charge is 0.245 e. The normalized spacial score (nSPS) is 11.1. The Labute approximate surface area is 209 Å². The summed E-state index contributed by atoms with van der Waals surface area (Å²) in [6, 6.07) is 30.6. The van der Waals surface area contributed by atoms with E-state index in [1.165, 1.54) is 4.70 Å². The first-order valence-electron chi connectivity index (χ1n) is 10.5. The van der Waals surface area contributed by atoms with Gasteiger partial charge in [-0.15, -0.1) is 28.7 Å². The standard InChI is InChI=1S/C28H19N2OS.Ir/c1-17-8-7-9-18(2)27(17)31-28-23-15-20-11-4-3-10-19(20)14-22(23)26(29-30-28)25-16-21-12-5-6-13-24(21)32-25;/h3-15H,1-2H3;/q-1;. The zero-order valence-corrected chi connectivity index (χ0v) is 21.3. The predicted molar refractivity (Wildman–Crippen MR) is 133 cm³/mol. The van der Waals surface area contributed by atoms with E-state index in [1.807, 2.05) is 38.1 Å². The van der Waals surface area contributed by atoms with Crippen molar-refractivity contribution in [1.29, 1.82) is 0 Å². The van der Waals surface area contributed by atoms with Gasteiger partial charge in [0.1, 0.15) is 5.75 Å². The fourth-order valence-electron chi connectivity index (χ4n) is 4.14. The van der Waals surface area contributed by atoms with Crippen molar-refractivity contribution in [3.8, 4) is 22.2 Å². The fourth-order valence-corrected chi connectivity index (χ4v) is 5.14. The monoisotopic (exact) mass is 624 g/mol. The van der Waals surface area contributed by atoms with E-state index in [0.717, 1.165) is 54.4 Å². The van der Waals surface area contributed by atoms with Gasteiger partial charge >= 0.3 is 0 Å². The summed E-state index contributed by atoms with van der Waals surface area (Å²) < 4.78 is 7.56. The molecule has 0 unspecified atom stereocenters. The van der Waals surface area contributed by atoms with Crippen molar-refractivity contribution in [2.24, 2.45) is 0 Å². The summed E-state index contributed by atoms with van der Waals surface area (Å²) in [5.74, 6) is 1.35. The van der Waals surface area contributed by atoms with Crippen molar-refractivity contribution in [2.75, 3.05) is 0 Å². The van der Waals surface area contributed by atoms with Crippen LogP contribution in [0.4, 0.5) is 0 Å². The van der Waals surface area contributed by atoms with E-state index in [9.17, 15) is 0 Å².